The molecule has 5 heteroatoms. The number of urea groups is 1. The summed E-state index contributed by atoms with van der Waals surface area (Å²) in [7, 11) is 0. The van der Waals surface area contributed by atoms with Crippen LogP contribution in [0.5, 0.6) is 0 Å². The first-order valence-electron chi connectivity index (χ1n) is 5.85. The third kappa shape index (κ3) is 3.29. The molecule has 0 aliphatic heterocycles. The van der Waals surface area contributed by atoms with Crippen molar-refractivity contribution in [3.63, 3.8) is 0 Å². The Bertz CT molecular complexity index is 478. The predicted octanol–water partition coefficient (Wildman–Crippen LogP) is 3.54. The molecule has 0 saturated heterocycles. The van der Waals surface area contributed by atoms with Gasteiger partial charge in [0.05, 0.1) is 5.69 Å². The Morgan fingerprint density at radius 2 is 1.94 bits per heavy atom. The molecule has 0 aromatic heterocycles. The third-order valence-corrected chi connectivity index (χ3v) is 2.83. The Morgan fingerprint density at radius 1 is 1.22 bits per heavy atom. The lowest BCUT2D eigenvalue weighted by Gasteiger charge is -2.06. The Balaban J connectivity index is 1.94. The van der Waals surface area contributed by atoms with E-state index in [4.69, 9.17) is 0 Å². The average molecular weight is 252 g/mol. The van der Waals surface area contributed by atoms with E-state index < -0.39 is 17.7 Å². The normalized spacial score (nSPS) is 14.4. The van der Waals surface area contributed by atoms with E-state index in [1.54, 1.807) is 6.20 Å². The minimum Gasteiger partial charge on any atom is -0.314 e. The number of anilines is 1. The maximum Gasteiger partial charge on any atom is 0.323 e. The fraction of sp³-hybridized carbons (Fsp3) is 0.308. The van der Waals surface area contributed by atoms with Gasteiger partial charge in [-0.2, -0.15) is 0 Å². The highest BCUT2D eigenvalue weighted by Gasteiger charge is 2.09. The maximum absolute atomic E-state index is 13.2. The van der Waals surface area contributed by atoms with Crippen LogP contribution in [0.1, 0.15) is 25.7 Å². The minimum absolute atomic E-state index is 0.169. The molecule has 1 aromatic rings. The molecular formula is C13H14F2N2O. The van der Waals surface area contributed by atoms with Crippen LogP contribution in [0.15, 0.2) is 30.0 Å². The zero-order valence-corrected chi connectivity index (χ0v) is 9.80. The third-order valence-electron chi connectivity index (χ3n) is 2.83. The van der Waals surface area contributed by atoms with Gasteiger partial charge in [0.15, 0.2) is 0 Å². The van der Waals surface area contributed by atoms with E-state index in [0.717, 1.165) is 43.9 Å². The van der Waals surface area contributed by atoms with Gasteiger partial charge in [0.2, 0.25) is 0 Å². The van der Waals surface area contributed by atoms with Crippen LogP contribution in [0.25, 0.3) is 0 Å². The van der Waals surface area contributed by atoms with Crippen LogP contribution >= 0.6 is 0 Å². The first-order valence-corrected chi connectivity index (χ1v) is 5.85. The van der Waals surface area contributed by atoms with Crippen LogP contribution in [-0.2, 0) is 0 Å². The highest BCUT2D eigenvalue weighted by atomic mass is 19.1. The van der Waals surface area contributed by atoms with Crippen molar-refractivity contribution in [3.8, 4) is 0 Å². The monoisotopic (exact) mass is 252 g/mol. The highest BCUT2D eigenvalue weighted by Crippen LogP contribution is 2.22. The van der Waals surface area contributed by atoms with Crippen molar-refractivity contribution in [2.45, 2.75) is 25.7 Å². The summed E-state index contributed by atoms with van der Waals surface area (Å²) in [6.45, 7) is 0. The molecule has 2 amide bonds. The number of carbonyl (C=O) groups excluding carboxylic acids is 1. The van der Waals surface area contributed by atoms with Crippen LogP contribution in [0.3, 0.4) is 0 Å². The summed E-state index contributed by atoms with van der Waals surface area (Å²) in [4.78, 5) is 11.5. The van der Waals surface area contributed by atoms with Gasteiger partial charge < -0.3 is 10.6 Å². The highest BCUT2D eigenvalue weighted by molar-refractivity contribution is 5.90. The molecule has 2 rings (SSSR count). The van der Waals surface area contributed by atoms with Gasteiger partial charge in [-0.15, -0.1) is 0 Å². The van der Waals surface area contributed by atoms with Gasteiger partial charge in [0.1, 0.15) is 11.6 Å². The van der Waals surface area contributed by atoms with Crippen LogP contribution in [0.4, 0.5) is 19.3 Å². The fourth-order valence-electron chi connectivity index (χ4n) is 1.89. The standard InChI is InChI=1S/C13H14F2N2O/c14-10-5-6-11(15)12(7-10)17-13(18)16-8-9-3-1-2-4-9/h5-8H,1-4H2,(H2,16,17,18). The number of hydrogen-bond donors (Lipinski definition) is 2. The van der Waals surface area contributed by atoms with Gasteiger partial charge >= 0.3 is 6.03 Å². The zero-order valence-electron chi connectivity index (χ0n) is 9.80. The molecule has 1 saturated carbocycles. The van der Waals surface area contributed by atoms with E-state index >= 15 is 0 Å². The quantitative estimate of drug-likeness (QED) is 0.830. The summed E-state index contributed by atoms with van der Waals surface area (Å²) >= 11 is 0. The van der Waals surface area contributed by atoms with Crippen LogP contribution < -0.4 is 10.6 Å². The Hall–Kier alpha value is -1.91. The predicted molar refractivity (Wildman–Crippen MR) is 65.1 cm³/mol. The Morgan fingerprint density at radius 3 is 2.67 bits per heavy atom. The van der Waals surface area contributed by atoms with E-state index in [2.05, 4.69) is 10.6 Å². The lowest BCUT2D eigenvalue weighted by atomic mass is 10.2. The van der Waals surface area contributed by atoms with Crippen LogP contribution in [0.2, 0.25) is 0 Å². The Labute approximate surface area is 104 Å². The van der Waals surface area contributed by atoms with Gasteiger partial charge in [-0.25, -0.2) is 13.6 Å². The average Bonchev–Trinajstić information content (AvgIpc) is 2.84. The smallest absolute Gasteiger partial charge is 0.314 e. The lowest BCUT2D eigenvalue weighted by Crippen LogP contribution is -2.24. The van der Waals surface area contributed by atoms with Crippen molar-refractivity contribution in [1.82, 2.24) is 5.32 Å². The van der Waals surface area contributed by atoms with Crippen molar-refractivity contribution in [3.05, 3.63) is 41.6 Å². The van der Waals surface area contributed by atoms with Crippen LogP contribution in [0, 0.1) is 11.6 Å². The molecule has 1 aliphatic carbocycles. The maximum atomic E-state index is 13.2. The molecule has 1 fully saturated rings. The summed E-state index contributed by atoms with van der Waals surface area (Å²) in [5.41, 5.74) is 1.00. The largest absolute Gasteiger partial charge is 0.323 e. The molecule has 1 aromatic carbocycles. The van der Waals surface area contributed by atoms with Gasteiger partial charge in [-0.1, -0.05) is 5.57 Å². The van der Waals surface area contributed by atoms with Crippen LogP contribution in [-0.4, -0.2) is 6.03 Å². The van der Waals surface area contributed by atoms with Crippen molar-refractivity contribution in [2.24, 2.45) is 0 Å². The number of amides is 2. The fourth-order valence-corrected chi connectivity index (χ4v) is 1.89. The lowest BCUT2D eigenvalue weighted by molar-refractivity contribution is 0.255. The summed E-state index contributed by atoms with van der Waals surface area (Å²) < 4.78 is 26.1. The molecule has 0 atom stereocenters. The van der Waals surface area contributed by atoms with Crippen molar-refractivity contribution >= 4 is 11.7 Å². The first kappa shape index (κ1) is 12.5. The van der Waals surface area contributed by atoms with Crippen molar-refractivity contribution < 1.29 is 13.6 Å². The number of allylic oxidation sites excluding steroid dienone is 1. The molecule has 18 heavy (non-hydrogen) atoms. The summed E-state index contributed by atoms with van der Waals surface area (Å²) in [6.07, 6.45) is 5.87. The zero-order chi connectivity index (χ0) is 13.0. The summed E-state index contributed by atoms with van der Waals surface area (Å²) in [5, 5.41) is 4.78. The second-order valence-corrected chi connectivity index (χ2v) is 4.23. The molecule has 2 N–H and O–H groups in total. The van der Waals surface area contributed by atoms with Gasteiger partial charge in [0.25, 0.3) is 0 Å². The van der Waals surface area contributed by atoms with Gasteiger partial charge in [0, 0.05) is 12.3 Å². The van der Waals surface area contributed by atoms with E-state index in [9.17, 15) is 13.6 Å². The number of halogens is 2. The van der Waals surface area contributed by atoms with E-state index in [0.29, 0.717) is 0 Å². The van der Waals surface area contributed by atoms with E-state index in [-0.39, 0.29) is 5.69 Å². The Kier molecular flexibility index (Phi) is 3.92. The second-order valence-electron chi connectivity index (χ2n) is 4.23. The number of hydrogen-bond acceptors (Lipinski definition) is 1. The molecule has 0 unspecified atom stereocenters. The number of benzene rings is 1. The molecule has 1 aliphatic rings. The number of rotatable bonds is 2. The summed E-state index contributed by atoms with van der Waals surface area (Å²) in [6, 6.07) is 2.34. The van der Waals surface area contributed by atoms with Crippen molar-refractivity contribution in [1.29, 1.82) is 0 Å². The molecule has 0 spiro atoms. The molecule has 0 heterocycles. The SMILES string of the molecule is O=C(NC=C1CCCC1)Nc1cc(F)ccc1F. The molecule has 0 radical (unpaired) electrons. The molecular weight excluding hydrogens is 238 g/mol. The first-order chi connectivity index (χ1) is 8.65. The van der Waals surface area contributed by atoms with E-state index in [1.807, 2.05) is 0 Å². The van der Waals surface area contributed by atoms with Gasteiger partial charge in [-0.05, 0) is 37.8 Å². The molecule has 0 bridgehead atoms. The second kappa shape index (κ2) is 5.62. The minimum atomic E-state index is -0.667. The van der Waals surface area contributed by atoms with Gasteiger partial charge in [-0.3, -0.25) is 0 Å². The molecule has 96 valence electrons. The topological polar surface area (TPSA) is 41.1 Å². The number of carbonyl (C=O) groups is 1. The summed E-state index contributed by atoms with van der Waals surface area (Å²) in [5.74, 6) is -1.26. The molecule has 3 nitrogen and oxygen atoms in total. The van der Waals surface area contributed by atoms with Crippen molar-refractivity contribution in [2.75, 3.05) is 5.32 Å². The van der Waals surface area contributed by atoms with E-state index in [1.165, 1.54) is 5.57 Å². The number of nitrogens with one attached hydrogen (secondary N) is 2.